The minimum absolute atomic E-state index is 0.0314. The molecule has 1 heterocycles. The van der Waals surface area contributed by atoms with Crippen LogP contribution in [0.25, 0.3) is 0 Å². The average molecular weight is 515 g/mol. The molecule has 0 saturated heterocycles. The number of carbonyl (C=O) groups excluding carboxylic acids is 2. The van der Waals surface area contributed by atoms with Crippen molar-refractivity contribution in [3.63, 3.8) is 0 Å². The van der Waals surface area contributed by atoms with Crippen molar-refractivity contribution in [2.24, 2.45) is 0 Å². The molecule has 0 unspecified atom stereocenters. The molecule has 1 aliphatic heterocycles. The normalized spacial score (nSPS) is 19.0. The molecule has 7 heteroatoms. The van der Waals surface area contributed by atoms with E-state index >= 15 is 0 Å². The second-order valence-corrected chi connectivity index (χ2v) is 10.0. The summed E-state index contributed by atoms with van der Waals surface area (Å²) < 4.78 is 0. The summed E-state index contributed by atoms with van der Waals surface area (Å²) in [5.74, 6) is -1.45. The Morgan fingerprint density at radius 2 is 1.62 bits per heavy atom. The van der Waals surface area contributed by atoms with Gasteiger partial charge in [0.15, 0.2) is 5.78 Å². The molecule has 2 aliphatic rings. The maximum absolute atomic E-state index is 13.9. The van der Waals surface area contributed by atoms with Gasteiger partial charge in [-0.05, 0) is 54.7 Å². The predicted octanol–water partition coefficient (Wildman–Crippen LogP) is 6.41. The third kappa shape index (κ3) is 5.02. The van der Waals surface area contributed by atoms with Crippen molar-refractivity contribution in [1.82, 2.24) is 0 Å². The molecule has 3 aromatic carbocycles. The average Bonchev–Trinajstić information content (AvgIpc) is 3.03. The quantitative estimate of drug-likeness (QED) is 0.410. The number of aliphatic carboxylic acids is 1. The fourth-order valence-corrected chi connectivity index (χ4v) is 5.36. The number of carboxylic acid groups (broad SMARTS) is 1. The number of fused-ring (bicyclic) bond motifs is 1. The second-order valence-electron chi connectivity index (χ2n) is 9.58. The van der Waals surface area contributed by atoms with E-state index in [1.807, 2.05) is 79.7 Å². The Morgan fingerprint density at radius 3 is 2.32 bits per heavy atom. The number of carbonyl (C=O) groups is 3. The Balaban J connectivity index is 1.67. The standard InChI is InChI=1S/C30H27ClN2O4/c1-18-6-8-20(9-7-18)30-29-24(16-21(17-26(29)34)19-10-12-22(31)13-11-19)32-23-4-2-3-5-25(23)33(30)27(35)14-15-28(36)37/h2-13,21,30,32H,14-17H2,1H3,(H,36,37)/t21-,30-/m0/s1. The molecule has 2 atom stereocenters. The van der Waals surface area contributed by atoms with Crippen molar-refractivity contribution in [2.45, 2.75) is 44.6 Å². The first-order chi connectivity index (χ1) is 17.8. The fourth-order valence-electron chi connectivity index (χ4n) is 5.23. The van der Waals surface area contributed by atoms with E-state index in [9.17, 15) is 19.5 Å². The maximum atomic E-state index is 13.9. The maximum Gasteiger partial charge on any atom is 0.303 e. The van der Waals surface area contributed by atoms with Crippen molar-refractivity contribution in [2.75, 3.05) is 10.2 Å². The summed E-state index contributed by atoms with van der Waals surface area (Å²) in [7, 11) is 0. The summed E-state index contributed by atoms with van der Waals surface area (Å²) in [6, 6.07) is 22.1. The highest BCUT2D eigenvalue weighted by atomic mass is 35.5. The highest BCUT2D eigenvalue weighted by Gasteiger charge is 2.41. The summed E-state index contributed by atoms with van der Waals surface area (Å²) >= 11 is 6.09. The number of allylic oxidation sites excluding steroid dienone is 1. The first-order valence-corrected chi connectivity index (χ1v) is 12.7. The monoisotopic (exact) mass is 514 g/mol. The van der Waals surface area contributed by atoms with E-state index in [-0.39, 0.29) is 30.4 Å². The molecule has 0 radical (unpaired) electrons. The highest BCUT2D eigenvalue weighted by molar-refractivity contribution is 6.30. The number of ketones is 1. The number of carboxylic acids is 1. The van der Waals surface area contributed by atoms with Crippen LogP contribution in [-0.2, 0) is 14.4 Å². The molecule has 1 amide bonds. The van der Waals surface area contributed by atoms with Crippen LogP contribution in [0.2, 0.25) is 5.02 Å². The largest absolute Gasteiger partial charge is 0.481 e. The van der Waals surface area contributed by atoms with Crippen molar-refractivity contribution in [3.8, 4) is 0 Å². The Labute approximate surface area is 220 Å². The van der Waals surface area contributed by atoms with E-state index in [2.05, 4.69) is 5.32 Å². The van der Waals surface area contributed by atoms with E-state index < -0.39 is 12.0 Å². The van der Waals surface area contributed by atoms with E-state index in [0.29, 0.717) is 34.8 Å². The molecular formula is C30H27ClN2O4. The first kappa shape index (κ1) is 24.8. The summed E-state index contributed by atoms with van der Waals surface area (Å²) in [5.41, 5.74) is 5.55. The van der Waals surface area contributed by atoms with E-state index in [4.69, 9.17) is 11.6 Å². The van der Waals surface area contributed by atoms with E-state index in [1.165, 1.54) is 0 Å². The zero-order valence-corrected chi connectivity index (χ0v) is 21.2. The highest BCUT2D eigenvalue weighted by Crippen LogP contribution is 2.47. The van der Waals surface area contributed by atoms with Gasteiger partial charge in [0.1, 0.15) is 0 Å². The number of nitrogens with zero attached hydrogens (tertiary/aromatic N) is 1. The van der Waals surface area contributed by atoms with E-state index in [1.54, 1.807) is 4.90 Å². The minimum atomic E-state index is -1.04. The number of hydrogen-bond acceptors (Lipinski definition) is 4. The van der Waals surface area contributed by atoms with Gasteiger partial charge in [0.05, 0.1) is 23.8 Å². The zero-order valence-electron chi connectivity index (χ0n) is 20.4. The molecule has 0 spiro atoms. The lowest BCUT2D eigenvalue weighted by atomic mass is 9.78. The first-order valence-electron chi connectivity index (χ1n) is 12.3. The Morgan fingerprint density at radius 1 is 0.946 bits per heavy atom. The molecule has 0 saturated carbocycles. The SMILES string of the molecule is Cc1ccc([C@H]2C3=C(C[C@H](c4ccc(Cl)cc4)CC3=O)Nc3ccccc3N2C(=O)CCC(=O)O)cc1. The van der Waals surface area contributed by atoms with Crippen molar-refractivity contribution in [1.29, 1.82) is 0 Å². The second kappa shape index (κ2) is 10.2. The van der Waals surface area contributed by atoms with Crippen LogP contribution < -0.4 is 10.2 Å². The molecule has 6 nitrogen and oxygen atoms in total. The molecule has 188 valence electrons. The van der Waals surface area contributed by atoms with Gasteiger partial charge in [0.2, 0.25) is 5.91 Å². The van der Waals surface area contributed by atoms with Gasteiger partial charge in [-0.15, -0.1) is 0 Å². The number of nitrogens with one attached hydrogen (secondary N) is 1. The predicted molar refractivity (Wildman–Crippen MR) is 144 cm³/mol. The number of hydrogen-bond donors (Lipinski definition) is 2. The molecule has 0 fully saturated rings. The topological polar surface area (TPSA) is 86.7 Å². The van der Waals surface area contributed by atoms with Crippen molar-refractivity contribution >= 4 is 40.6 Å². The number of aryl methyl sites for hydroxylation is 1. The number of rotatable bonds is 5. The minimum Gasteiger partial charge on any atom is -0.481 e. The lowest BCUT2D eigenvalue weighted by Gasteiger charge is -2.35. The van der Waals surface area contributed by atoms with Gasteiger partial charge in [0.25, 0.3) is 0 Å². The molecule has 2 N–H and O–H groups in total. The fraction of sp³-hybridized carbons (Fsp3) is 0.233. The van der Waals surface area contributed by atoms with Crippen LogP contribution in [0, 0.1) is 6.92 Å². The number of benzene rings is 3. The van der Waals surface area contributed by atoms with Gasteiger partial charge in [-0.25, -0.2) is 0 Å². The van der Waals surface area contributed by atoms with Crippen LogP contribution in [-0.4, -0.2) is 22.8 Å². The number of para-hydroxylation sites is 2. The molecule has 5 rings (SSSR count). The molecular weight excluding hydrogens is 488 g/mol. The van der Waals surface area contributed by atoms with Gasteiger partial charge in [-0.3, -0.25) is 19.3 Å². The number of halogens is 1. The zero-order chi connectivity index (χ0) is 26.1. The molecule has 0 aromatic heterocycles. The van der Waals surface area contributed by atoms with Gasteiger partial charge >= 0.3 is 5.97 Å². The van der Waals surface area contributed by atoms with Crippen LogP contribution in [0.4, 0.5) is 11.4 Å². The van der Waals surface area contributed by atoms with Crippen molar-refractivity contribution in [3.05, 3.63) is 106 Å². The number of anilines is 2. The van der Waals surface area contributed by atoms with Gasteiger partial charge in [-0.1, -0.05) is 65.7 Å². The summed E-state index contributed by atoms with van der Waals surface area (Å²) in [5, 5.41) is 13.4. The summed E-state index contributed by atoms with van der Waals surface area (Å²) in [6.45, 7) is 1.98. The summed E-state index contributed by atoms with van der Waals surface area (Å²) in [4.78, 5) is 40.5. The third-order valence-corrected chi connectivity index (χ3v) is 7.30. The Bertz CT molecular complexity index is 1400. The molecule has 0 bridgehead atoms. The van der Waals surface area contributed by atoms with Crippen LogP contribution in [0.5, 0.6) is 0 Å². The van der Waals surface area contributed by atoms with Crippen molar-refractivity contribution < 1.29 is 19.5 Å². The smallest absolute Gasteiger partial charge is 0.303 e. The Kier molecular flexibility index (Phi) is 6.85. The van der Waals surface area contributed by atoms with Crippen LogP contribution >= 0.6 is 11.6 Å². The lowest BCUT2D eigenvalue weighted by Crippen LogP contribution is -2.38. The Hall–Kier alpha value is -3.90. The van der Waals surface area contributed by atoms with Crippen LogP contribution in [0.1, 0.15) is 54.3 Å². The molecule has 1 aliphatic carbocycles. The number of Topliss-reactive ketones (excluding diaryl/α,β-unsaturated/α-hetero) is 1. The van der Waals surface area contributed by atoms with Gasteiger partial charge in [-0.2, -0.15) is 0 Å². The van der Waals surface area contributed by atoms with Gasteiger partial charge in [0, 0.05) is 29.1 Å². The lowest BCUT2D eigenvalue weighted by molar-refractivity contribution is -0.138. The van der Waals surface area contributed by atoms with Crippen LogP contribution in [0.15, 0.2) is 84.1 Å². The van der Waals surface area contributed by atoms with E-state index in [0.717, 1.165) is 22.4 Å². The molecule has 37 heavy (non-hydrogen) atoms. The van der Waals surface area contributed by atoms with Gasteiger partial charge < -0.3 is 10.4 Å². The number of amides is 1. The third-order valence-electron chi connectivity index (χ3n) is 7.04. The molecule has 3 aromatic rings. The summed E-state index contributed by atoms with van der Waals surface area (Å²) in [6.07, 6.45) is 0.439. The van der Waals surface area contributed by atoms with Crippen LogP contribution in [0.3, 0.4) is 0 Å².